The Morgan fingerprint density at radius 2 is 2.12 bits per heavy atom. The molecule has 1 aliphatic carbocycles. The maximum atomic E-state index is 12.5. The zero-order valence-corrected chi connectivity index (χ0v) is 14.5. The number of H-pyrrole nitrogens is 1. The first-order chi connectivity index (χ1) is 12.5. The molecular weight excluding hydrogens is 328 g/mol. The Morgan fingerprint density at radius 3 is 2.92 bits per heavy atom. The van der Waals surface area contributed by atoms with Gasteiger partial charge in [-0.3, -0.25) is 9.59 Å². The number of amides is 2. The lowest BCUT2D eigenvalue weighted by Crippen LogP contribution is -2.34. The fraction of sp³-hybridized carbons (Fsp3) is 0.200. The molecule has 1 aliphatic heterocycles. The topological polar surface area (TPSA) is 87.2 Å². The summed E-state index contributed by atoms with van der Waals surface area (Å²) in [7, 11) is 0. The molecule has 0 saturated carbocycles. The largest absolute Gasteiger partial charge is 0.345 e. The number of benzene rings is 1. The zero-order chi connectivity index (χ0) is 18.3. The van der Waals surface area contributed by atoms with Crippen LogP contribution >= 0.6 is 0 Å². The molecule has 2 N–H and O–H groups in total. The average molecular weight is 346 g/mol. The molecule has 0 bridgehead atoms. The fourth-order valence-electron chi connectivity index (χ4n) is 3.27. The van der Waals surface area contributed by atoms with Crippen molar-refractivity contribution in [1.82, 2.24) is 15.3 Å². The van der Waals surface area contributed by atoms with E-state index in [0.717, 1.165) is 22.3 Å². The highest BCUT2D eigenvalue weighted by molar-refractivity contribution is 6.14. The van der Waals surface area contributed by atoms with Crippen LogP contribution in [0.25, 0.3) is 11.0 Å². The maximum Gasteiger partial charge on any atom is 0.277 e. The van der Waals surface area contributed by atoms with Gasteiger partial charge < -0.3 is 10.3 Å². The second-order valence-corrected chi connectivity index (χ2v) is 6.70. The molecule has 0 saturated heterocycles. The van der Waals surface area contributed by atoms with Crippen molar-refractivity contribution in [3.8, 4) is 0 Å². The number of nitrogens with zero attached hydrogens (tertiary/aromatic N) is 2. The van der Waals surface area contributed by atoms with Crippen molar-refractivity contribution < 1.29 is 9.59 Å². The van der Waals surface area contributed by atoms with E-state index in [1.54, 1.807) is 36.7 Å². The van der Waals surface area contributed by atoms with E-state index < -0.39 is 0 Å². The molecule has 2 amide bonds. The normalized spacial score (nSPS) is 20.8. The summed E-state index contributed by atoms with van der Waals surface area (Å²) in [5.41, 5.74) is 4.43. The molecule has 0 spiro atoms. The standard InChI is InChI=1S/C20H18N4O2/c1-11(2)15-9-19(25)24-17-8-13(4-5-14(15)17)23-20(26)12-3-6-16-18(7-12)22-10-21-16/h3-11,14H,1-2H3,(H,21,22)(H,24,25). The average Bonchev–Trinajstić information content (AvgIpc) is 3.08. The summed E-state index contributed by atoms with van der Waals surface area (Å²) in [5.74, 6) is -0.177. The molecule has 2 aliphatic rings. The quantitative estimate of drug-likeness (QED) is 0.876. The number of carbonyl (C=O) groups excluding carboxylic acids is 2. The summed E-state index contributed by atoms with van der Waals surface area (Å²) in [6.45, 7) is 4.13. The van der Waals surface area contributed by atoms with E-state index in [9.17, 15) is 9.59 Å². The van der Waals surface area contributed by atoms with Crippen molar-refractivity contribution in [3.05, 3.63) is 65.7 Å². The molecule has 0 radical (unpaired) electrons. The number of aromatic nitrogens is 2. The molecule has 2 heterocycles. The number of fused-ring (bicyclic) bond motifs is 2. The summed E-state index contributed by atoms with van der Waals surface area (Å²) in [6, 6.07) is 5.23. The van der Waals surface area contributed by atoms with Crippen molar-refractivity contribution >= 4 is 28.6 Å². The van der Waals surface area contributed by atoms with Crippen LogP contribution in [0.5, 0.6) is 0 Å². The van der Waals surface area contributed by atoms with E-state index in [1.165, 1.54) is 0 Å². The summed E-state index contributed by atoms with van der Waals surface area (Å²) in [4.78, 5) is 35.7. The lowest BCUT2D eigenvalue weighted by molar-refractivity contribution is -0.116. The smallest absolute Gasteiger partial charge is 0.277 e. The lowest BCUT2D eigenvalue weighted by Gasteiger charge is -2.29. The Kier molecular flexibility index (Phi) is 3.88. The number of aromatic amines is 1. The number of carbonyl (C=O) groups is 2. The third-order valence-corrected chi connectivity index (χ3v) is 4.59. The van der Waals surface area contributed by atoms with Gasteiger partial charge in [0.1, 0.15) is 0 Å². The predicted octanol–water partition coefficient (Wildman–Crippen LogP) is 2.93. The molecule has 6 heteroatoms. The molecule has 1 atom stereocenters. The lowest BCUT2D eigenvalue weighted by atomic mass is 9.82. The summed E-state index contributed by atoms with van der Waals surface area (Å²) in [6.07, 6.45) is 8.82. The van der Waals surface area contributed by atoms with Crippen LogP contribution in [0.1, 0.15) is 24.2 Å². The van der Waals surface area contributed by atoms with E-state index >= 15 is 0 Å². The van der Waals surface area contributed by atoms with Gasteiger partial charge in [0.2, 0.25) is 5.91 Å². The Bertz CT molecular complexity index is 1040. The van der Waals surface area contributed by atoms with Crippen molar-refractivity contribution in [2.24, 2.45) is 16.8 Å². The zero-order valence-electron chi connectivity index (χ0n) is 14.5. The minimum absolute atomic E-state index is 0.0306. The van der Waals surface area contributed by atoms with Crippen LogP contribution in [0.15, 0.2) is 65.1 Å². The molecule has 0 fully saturated rings. The number of aliphatic imine (C=N–C) groups is 1. The van der Waals surface area contributed by atoms with Crippen molar-refractivity contribution in [3.63, 3.8) is 0 Å². The van der Waals surface area contributed by atoms with E-state index in [-0.39, 0.29) is 23.7 Å². The van der Waals surface area contributed by atoms with E-state index in [1.807, 2.05) is 12.2 Å². The summed E-state index contributed by atoms with van der Waals surface area (Å²) in [5, 5.41) is 2.86. The van der Waals surface area contributed by atoms with Crippen LogP contribution in [-0.2, 0) is 4.79 Å². The minimum atomic E-state index is -0.335. The molecule has 26 heavy (non-hydrogen) atoms. The molecule has 1 aromatic heterocycles. The molecule has 2 aromatic rings. The number of rotatable bonds is 2. The summed E-state index contributed by atoms with van der Waals surface area (Å²) >= 11 is 0. The van der Waals surface area contributed by atoms with Gasteiger partial charge in [0.05, 0.1) is 23.1 Å². The highest BCUT2D eigenvalue weighted by atomic mass is 16.2. The van der Waals surface area contributed by atoms with Gasteiger partial charge >= 0.3 is 0 Å². The first kappa shape index (κ1) is 16.2. The van der Waals surface area contributed by atoms with E-state index in [0.29, 0.717) is 11.3 Å². The van der Waals surface area contributed by atoms with Crippen LogP contribution in [0.3, 0.4) is 0 Å². The molecule has 6 nitrogen and oxygen atoms in total. The first-order valence-corrected chi connectivity index (χ1v) is 8.49. The van der Waals surface area contributed by atoms with Gasteiger partial charge in [-0.05, 0) is 41.8 Å². The Labute approximate surface area is 150 Å². The van der Waals surface area contributed by atoms with Gasteiger partial charge in [-0.15, -0.1) is 0 Å². The van der Waals surface area contributed by atoms with Crippen LogP contribution in [0.4, 0.5) is 0 Å². The second-order valence-electron chi connectivity index (χ2n) is 6.70. The van der Waals surface area contributed by atoms with Crippen molar-refractivity contribution in [2.75, 3.05) is 0 Å². The Balaban J connectivity index is 1.63. The molecule has 130 valence electrons. The third-order valence-electron chi connectivity index (χ3n) is 4.59. The van der Waals surface area contributed by atoms with Gasteiger partial charge in [-0.25, -0.2) is 9.98 Å². The van der Waals surface area contributed by atoms with Crippen LogP contribution in [0, 0.1) is 11.8 Å². The highest BCUT2D eigenvalue weighted by Crippen LogP contribution is 2.31. The van der Waals surface area contributed by atoms with E-state index in [4.69, 9.17) is 0 Å². The molecular formula is C20H18N4O2. The van der Waals surface area contributed by atoms with Gasteiger partial charge in [0.15, 0.2) is 0 Å². The van der Waals surface area contributed by atoms with Crippen LogP contribution in [0.2, 0.25) is 0 Å². The second kappa shape index (κ2) is 6.22. The summed E-state index contributed by atoms with van der Waals surface area (Å²) < 4.78 is 0. The van der Waals surface area contributed by atoms with Gasteiger partial charge in [-0.1, -0.05) is 19.9 Å². The fourth-order valence-corrected chi connectivity index (χ4v) is 3.27. The number of allylic oxidation sites excluding steroid dienone is 3. The van der Waals surface area contributed by atoms with Gasteiger partial charge in [-0.2, -0.15) is 0 Å². The van der Waals surface area contributed by atoms with Crippen LogP contribution in [-0.4, -0.2) is 27.5 Å². The first-order valence-electron chi connectivity index (χ1n) is 8.49. The maximum absolute atomic E-state index is 12.5. The number of hydrogen-bond acceptors (Lipinski definition) is 3. The van der Waals surface area contributed by atoms with Crippen LogP contribution < -0.4 is 5.32 Å². The number of hydrogen-bond donors (Lipinski definition) is 2. The third kappa shape index (κ3) is 2.90. The predicted molar refractivity (Wildman–Crippen MR) is 99.6 cm³/mol. The SMILES string of the molecule is CC(C)C1=CC(=O)NC2=CC(=NC(=O)c3ccc4nc[nH]c4c3)C=CC21. The minimum Gasteiger partial charge on any atom is -0.345 e. The van der Waals surface area contributed by atoms with Gasteiger partial charge in [0.25, 0.3) is 5.91 Å². The Morgan fingerprint density at radius 1 is 1.27 bits per heavy atom. The highest BCUT2D eigenvalue weighted by Gasteiger charge is 2.27. The Hall–Kier alpha value is -3.28. The molecule has 4 rings (SSSR count). The van der Waals surface area contributed by atoms with E-state index in [2.05, 4.69) is 34.1 Å². The van der Waals surface area contributed by atoms with Crippen molar-refractivity contribution in [1.29, 1.82) is 0 Å². The number of imidazole rings is 1. The van der Waals surface area contributed by atoms with Gasteiger partial charge in [0, 0.05) is 23.3 Å². The molecule has 1 aromatic carbocycles. The number of nitrogens with one attached hydrogen (secondary N) is 2. The van der Waals surface area contributed by atoms with Crippen molar-refractivity contribution in [2.45, 2.75) is 13.8 Å². The monoisotopic (exact) mass is 346 g/mol. The molecule has 1 unspecified atom stereocenters.